The van der Waals surface area contributed by atoms with Crippen LogP contribution in [0, 0.1) is 0 Å². The van der Waals surface area contributed by atoms with E-state index in [0.717, 1.165) is 37.4 Å². The lowest BCUT2D eigenvalue weighted by Crippen LogP contribution is -2.51. The predicted octanol–water partition coefficient (Wildman–Crippen LogP) is 2.52. The van der Waals surface area contributed by atoms with Crippen LogP contribution in [-0.2, 0) is 12.3 Å². The normalized spacial score (nSPS) is 13.7. The van der Waals surface area contributed by atoms with Gasteiger partial charge in [0.15, 0.2) is 25.0 Å². The maximum absolute atomic E-state index is 9.11. The third-order valence-corrected chi connectivity index (χ3v) is 18.7. The maximum Gasteiger partial charge on any atom is 0.452 e. The van der Waals surface area contributed by atoms with Gasteiger partial charge in [-0.2, -0.15) is 0 Å². The zero-order valence-corrected chi connectivity index (χ0v) is 21.2. The van der Waals surface area contributed by atoms with Gasteiger partial charge in [-0.15, -0.1) is 0 Å². The van der Waals surface area contributed by atoms with Gasteiger partial charge in [0.2, 0.25) is 0 Å². The average molecular weight is 429 g/mol. The van der Waals surface area contributed by atoms with Gasteiger partial charge in [-0.1, -0.05) is 0 Å². The van der Waals surface area contributed by atoms with E-state index in [1.54, 1.807) is 0 Å². The van der Waals surface area contributed by atoms with Crippen molar-refractivity contribution in [1.82, 2.24) is 0 Å². The summed E-state index contributed by atoms with van der Waals surface area (Å²) in [5.41, 5.74) is 0. The zero-order chi connectivity index (χ0) is 19.6. The predicted molar refractivity (Wildman–Crippen MR) is 112 cm³/mol. The minimum absolute atomic E-state index is 0.182. The van der Waals surface area contributed by atoms with Crippen molar-refractivity contribution in [3.8, 4) is 0 Å². The molecule has 0 unspecified atom stereocenters. The lowest BCUT2D eigenvalue weighted by atomic mass is 10.5. The van der Waals surface area contributed by atoms with Crippen LogP contribution in [0.15, 0.2) is 0 Å². The molecule has 0 aliphatic rings. The monoisotopic (exact) mass is 428 g/mol. The summed E-state index contributed by atoms with van der Waals surface area (Å²) in [7, 11) is -8.15. The fourth-order valence-corrected chi connectivity index (χ4v) is 15.1. The molecule has 10 heteroatoms. The van der Waals surface area contributed by atoms with Crippen LogP contribution in [0.1, 0.15) is 19.3 Å². The first-order chi connectivity index (χ1) is 11.5. The van der Waals surface area contributed by atoms with E-state index in [1.165, 1.54) is 0 Å². The first-order valence-electron chi connectivity index (χ1n) is 9.33. The summed E-state index contributed by atoms with van der Waals surface area (Å²) in [6.07, 6.45) is 2.24. The molecule has 0 amide bonds. The summed E-state index contributed by atoms with van der Waals surface area (Å²) in [6, 6.07) is 2.66. The highest BCUT2D eigenvalue weighted by molar-refractivity contribution is 6.84. The second-order valence-electron chi connectivity index (χ2n) is 8.40. The van der Waals surface area contributed by atoms with Crippen molar-refractivity contribution in [2.45, 2.75) is 76.7 Å². The lowest BCUT2D eigenvalue weighted by Gasteiger charge is -2.37. The van der Waals surface area contributed by atoms with Crippen LogP contribution >= 0.6 is 0 Å². The number of hydrogen-bond donors (Lipinski definition) is 3. The van der Waals surface area contributed by atoms with Gasteiger partial charge in [0.05, 0.1) is 0 Å². The van der Waals surface area contributed by atoms with E-state index in [-0.39, 0.29) is 19.8 Å². The van der Waals surface area contributed by atoms with Gasteiger partial charge >= 0.3 is 9.53 Å². The molecule has 0 atom stereocenters. The van der Waals surface area contributed by atoms with E-state index in [9.17, 15) is 0 Å². The Morgan fingerprint density at radius 1 is 0.560 bits per heavy atom. The highest BCUT2D eigenvalue weighted by atomic mass is 28.5. The first kappa shape index (κ1) is 25.6. The average Bonchev–Trinajstić information content (AvgIpc) is 2.47. The summed E-state index contributed by atoms with van der Waals surface area (Å²) in [6.45, 7) is 13.5. The van der Waals surface area contributed by atoms with Crippen LogP contribution in [-0.4, -0.2) is 69.6 Å². The Bertz CT molecular complexity index is 303. The van der Waals surface area contributed by atoms with E-state index in [2.05, 4.69) is 39.3 Å². The van der Waals surface area contributed by atoms with Gasteiger partial charge in [-0.25, -0.2) is 0 Å². The van der Waals surface area contributed by atoms with Gasteiger partial charge in [-0.3, -0.25) is 0 Å². The molecule has 0 aromatic heterocycles. The zero-order valence-electron chi connectivity index (χ0n) is 17.0. The molecule has 0 aromatic rings. The molecular weight excluding hydrogens is 389 g/mol. The highest BCUT2D eigenvalue weighted by Crippen LogP contribution is 2.24. The maximum atomic E-state index is 9.11. The fraction of sp³-hybridized carbons (Fsp3) is 1.00. The van der Waals surface area contributed by atoms with Gasteiger partial charge < -0.3 is 27.7 Å². The van der Waals surface area contributed by atoms with E-state index < -0.39 is 34.5 Å². The molecule has 0 rings (SSSR count). The van der Waals surface area contributed by atoms with Crippen LogP contribution in [0.25, 0.3) is 0 Å². The van der Waals surface area contributed by atoms with Gasteiger partial charge in [0, 0.05) is 19.8 Å². The molecule has 0 aromatic carbocycles. The summed E-state index contributed by atoms with van der Waals surface area (Å²) >= 11 is 0. The summed E-state index contributed by atoms with van der Waals surface area (Å²) in [5.74, 6) is 0. The Kier molecular flexibility index (Phi) is 12.5. The second-order valence-corrected chi connectivity index (χ2v) is 23.9. The molecule has 3 N–H and O–H groups in total. The van der Waals surface area contributed by atoms with Crippen molar-refractivity contribution in [2.75, 3.05) is 19.8 Å². The minimum atomic E-state index is -2.30. The fourth-order valence-electron chi connectivity index (χ4n) is 2.54. The largest absolute Gasteiger partial charge is 0.452 e. The van der Waals surface area contributed by atoms with Crippen molar-refractivity contribution < 1.29 is 27.7 Å². The Morgan fingerprint density at radius 2 is 0.800 bits per heavy atom. The van der Waals surface area contributed by atoms with Crippen LogP contribution in [0.5, 0.6) is 0 Å². The van der Waals surface area contributed by atoms with Crippen molar-refractivity contribution in [2.24, 2.45) is 0 Å². The number of aliphatic hydroxyl groups is 3. The summed E-state index contributed by atoms with van der Waals surface area (Å²) < 4.78 is 19.3. The molecule has 25 heavy (non-hydrogen) atoms. The molecule has 0 radical (unpaired) electrons. The summed E-state index contributed by atoms with van der Waals surface area (Å²) in [5, 5.41) is 27.3. The highest BCUT2D eigenvalue weighted by Gasteiger charge is 2.38. The molecule has 152 valence electrons. The first-order valence-corrected chi connectivity index (χ1v) is 20.1. The second kappa shape index (κ2) is 12.2. The van der Waals surface area contributed by atoms with Crippen molar-refractivity contribution in [3.05, 3.63) is 0 Å². The van der Waals surface area contributed by atoms with Crippen LogP contribution in [0.3, 0.4) is 0 Å². The van der Waals surface area contributed by atoms with E-state index in [0.29, 0.717) is 0 Å². The molecule has 0 heterocycles. The van der Waals surface area contributed by atoms with E-state index >= 15 is 0 Å². The summed E-state index contributed by atoms with van der Waals surface area (Å²) in [4.78, 5) is 0. The smallest absolute Gasteiger partial charge is 0.419 e. The van der Waals surface area contributed by atoms with Crippen molar-refractivity contribution >= 4 is 34.5 Å². The topological polar surface area (TPSA) is 88.4 Å². The van der Waals surface area contributed by atoms with E-state index in [1.807, 2.05) is 0 Å². The van der Waals surface area contributed by atoms with Crippen molar-refractivity contribution in [3.63, 3.8) is 0 Å². The molecule has 6 nitrogen and oxygen atoms in total. The Labute approximate surface area is 158 Å². The molecule has 0 fully saturated rings. The molecule has 0 saturated heterocycles. The van der Waals surface area contributed by atoms with Crippen LogP contribution in [0.4, 0.5) is 0 Å². The Hall–Kier alpha value is 0.628. The third-order valence-electron chi connectivity index (χ3n) is 4.06. The minimum Gasteiger partial charge on any atom is -0.419 e. The molecule has 0 saturated carbocycles. The Morgan fingerprint density at radius 3 is 1.00 bits per heavy atom. The van der Waals surface area contributed by atoms with Gasteiger partial charge in [0.1, 0.15) is 0 Å². The number of rotatable bonds is 15. The van der Waals surface area contributed by atoms with Gasteiger partial charge in [0.25, 0.3) is 0 Å². The molecule has 0 spiro atoms. The van der Waals surface area contributed by atoms with Crippen molar-refractivity contribution in [1.29, 1.82) is 0 Å². The SMILES string of the molecule is C[Si](C)(CCCO)O[SiH](O[Si](C)(C)CCCO)O[Si](C)(C)CCCO. The van der Waals surface area contributed by atoms with Gasteiger partial charge in [-0.05, 0) is 76.7 Å². The Balaban J connectivity index is 5.03. The molecule has 0 bridgehead atoms. The molecular formula is C15H40O6Si4. The number of hydrogen-bond acceptors (Lipinski definition) is 6. The van der Waals surface area contributed by atoms with Crippen LogP contribution < -0.4 is 0 Å². The number of aliphatic hydroxyl groups excluding tert-OH is 3. The van der Waals surface area contributed by atoms with Crippen LogP contribution in [0.2, 0.25) is 57.4 Å². The molecule has 0 aliphatic heterocycles. The standard InChI is InChI=1S/C15H40O6Si4/c1-23(2,13-7-10-16)19-22(20-24(3,4)14-8-11-17)21-25(5,6)15-9-12-18/h16-18,22H,7-15H2,1-6H3. The lowest BCUT2D eigenvalue weighted by molar-refractivity contribution is 0.271. The molecule has 0 aliphatic carbocycles. The third kappa shape index (κ3) is 13.4. The quantitative estimate of drug-likeness (QED) is 0.347. The van der Waals surface area contributed by atoms with E-state index in [4.69, 9.17) is 27.7 Å².